The molecular formula is C23H20ClF2N3OS. The summed E-state index contributed by atoms with van der Waals surface area (Å²) in [4.78, 5) is 17.7. The van der Waals surface area contributed by atoms with Gasteiger partial charge in [0.25, 0.3) is 0 Å². The topological polar surface area (TPSA) is 58.7 Å². The van der Waals surface area contributed by atoms with Gasteiger partial charge < -0.3 is 10.5 Å². The van der Waals surface area contributed by atoms with Crippen LogP contribution in [0.15, 0.2) is 75.8 Å². The van der Waals surface area contributed by atoms with Gasteiger partial charge in [-0.05, 0) is 85.1 Å². The molecule has 1 heterocycles. The Bertz CT molecular complexity index is 1100. The highest BCUT2D eigenvalue weighted by Crippen LogP contribution is 2.45. The summed E-state index contributed by atoms with van der Waals surface area (Å²) in [5.74, 6) is -0.787. The number of hydrogen-bond donors (Lipinski definition) is 1. The highest BCUT2D eigenvalue weighted by molar-refractivity contribution is 7.97. The number of nitrogens with two attached hydrogens (primary N) is 1. The quantitative estimate of drug-likeness (QED) is 0.487. The third kappa shape index (κ3) is 4.59. The number of aliphatic imine (C=N–C) groups is 1. The number of halogens is 3. The molecule has 31 heavy (non-hydrogen) atoms. The lowest BCUT2D eigenvalue weighted by Crippen LogP contribution is -2.45. The number of nitrogens with zero attached hydrogens (tertiary/aromatic N) is 2. The van der Waals surface area contributed by atoms with E-state index in [2.05, 4.69) is 9.30 Å². The van der Waals surface area contributed by atoms with Crippen molar-refractivity contribution in [2.75, 3.05) is 13.1 Å². The second kappa shape index (κ2) is 8.94. The van der Waals surface area contributed by atoms with Crippen LogP contribution in [-0.4, -0.2) is 29.4 Å². The Labute approximate surface area is 188 Å². The molecule has 0 spiro atoms. The van der Waals surface area contributed by atoms with E-state index in [0.29, 0.717) is 37.3 Å². The number of aldehydes is 1. The summed E-state index contributed by atoms with van der Waals surface area (Å²) in [5, 5.41) is 0.0698. The molecule has 0 aromatic heterocycles. The zero-order valence-electron chi connectivity index (χ0n) is 16.5. The molecule has 4 nitrogen and oxygen atoms in total. The molecule has 1 aliphatic carbocycles. The van der Waals surface area contributed by atoms with Gasteiger partial charge in [-0.25, -0.2) is 18.1 Å². The average Bonchev–Trinajstić information content (AvgIpc) is 2.77. The molecule has 1 aliphatic heterocycles. The van der Waals surface area contributed by atoms with Crippen molar-refractivity contribution in [2.24, 2.45) is 16.1 Å². The first kappa shape index (κ1) is 21.7. The molecule has 0 amide bonds. The molecule has 1 fully saturated rings. The monoisotopic (exact) mass is 459 g/mol. The largest absolute Gasteiger partial charge is 0.404 e. The highest BCUT2D eigenvalue weighted by atomic mass is 35.5. The van der Waals surface area contributed by atoms with Crippen LogP contribution in [0.3, 0.4) is 0 Å². The van der Waals surface area contributed by atoms with E-state index in [9.17, 15) is 13.6 Å². The Balaban J connectivity index is 1.60. The van der Waals surface area contributed by atoms with Crippen molar-refractivity contribution in [3.8, 4) is 0 Å². The van der Waals surface area contributed by atoms with Gasteiger partial charge in [0.2, 0.25) is 0 Å². The van der Waals surface area contributed by atoms with Crippen LogP contribution in [0.1, 0.15) is 12.8 Å². The lowest BCUT2D eigenvalue weighted by atomic mass is 9.68. The number of carbonyl (C=O) groups is 1. The first-order valence-electron chi connectivity index (χ1n) is 9.73. The molecule has 1 unspecified atom stereocenters. The number of rotatable bonds is 4. The summed E-state index contributed by atoms with van der Waals surface area (Å²) < 4.78 is 28.7. The van der Waals surface area contributed by atoms with Crippen molar-refractivity contribution in [3.05, 3.63) is 82.5 Å². The van der Waals surface area contributed by atoms with Crippen LogP contribution in [-0.2, 0) is 4.79 Å². The summed E-state index contributed by atoms with van der Waals surface area (Å²) in [7, 11) is 0. The molecule has 4 rings (SSSR count). The first-order valence-corrected chi connectivity index (χ1v) is 10.9. The van der Waals surface area contributed by atoms with Crippen LogP contribution in [0.5, 0.6) is 0 Å². The molecule has 2 N–H and O–H groups in total. The van der Waals surface area contributed by atoms with Crippen LogP contribution in [0.25, 0.3) is 0 Å². The fraction of sp³-hybridized carbons (Fsp3) is 0.217. The lowest BCUT2D eigenvalue weighted by molar-refractivity contribution is -0.115. The number of fused-ring (bicyclic) bond motifs is 1. The van der Waals surface area contributed by atoms with Gasteiger partial charge in [-0.2, -0.15) is 0 Å². The molecule has 0 radical (unpaired) electrons. The first-order chi connectivity index (χ1) is 14.9. The minimum atomic E-state index is -0.706. The fourth-order valence-electron chi connectivity index (χ4n) is 3.88. The van der Waals surface area contributed by atoms with Gasteiger partial charge in [0.15, 0.2) is 0 Å². The summed E-state index contributed by atoms with van der Waals surface area (Å²) >= 11 is 7.35. The molecule has 1 atom stereocenters. The van der Waals surface area contributed by atoms with E-state index in [1.54, 1.807) is 24.3 Å². The Morgan fingerprint density at radius 3 is 2.65 bits per heavy atom. The van der Waals surface area contributed by atoms with Crippen LogP contribution in [0.2, 0.25) is 5.02 Å². The number of allylic oxidation sites excluding steroid dienone is 2. The van der Waals surface area contributed by atoms with Crippen LogP contribution >= 0.6 is 23.5 Å². The van der Waals surface area contributed by atoms with Crippen molar-refractivity contribution in [3.63, 3.8) is 0 Å². The van der Waals surface area contributed by atoms with Gasteiger partial charge >= 0.3 is 0 Å². The smallest absolute Gasteiger partial charge is 0.141 e. The normalized spacial score (nSPS) is 24.2. The third-order valence-corrected chi connectivity index (χ3v) is 6.83. The molecule has 0 bridgehead atoms. The molecular weight excluding hydrogens is 440 g/mol. The maximum atomic E-state index is 13.5. The second-order valence-corrected chi connectivity index (χ2v) is 9.14. The maximum absolute atomic E-state index is 13.5. The highest BCUT2D eigenvalue weighted by Gasteiger charge is 2.43. The van der Waals surface area contributed by atoms with Gasteiger partial charge in [0.05, 0.1) is 21.8 Å². The lowest BCUT2D eigenvalue weighted by Gasteiger charge is -2.43. The number of hydrogen-bond acceptors (Lipinski definition) is 5. The number of carbonyl (C=O) groups excluding carboxylic acids is 1. The van der Waals surface area contributed by atoms with E-state index in [4.69, 9.17) is 17.3 Å². The van der Waals surface area contributed by atoms with Gasteiger partial charge in [0.1, 0.15) is 17.9 Å². The number of benzene rings is 2. The zero-order chi connectivity index (χ0) is 22.0. The summed E-state index contributed by atoms with van der Waals surface area (Å²) in [5.41, 5.74) is 8.24. The van der Waals surface area contributed by atoms with Crippen molar-refractivity contribution in [1.29, 1.82) is 0 Å². The Morgan fingerprint density at radius 1 is 1.19 bits per heavy atom. The van der Waals surface area contributed by atoms with Gasteiger partial charge in [0, 0.05) is 18.0 Å². The predicted molar refractivity (Wildman–Crippen MR) is 120 cm³/mol. The van der Waals surface area contributed by atoms with Crippen LogP contribution in [0.4, 0.5) is 14.5 Å². The van der Waals surface area contributed by atoms with E-state index in [-0.39, 0.29) is 10.8 Å². The van der Waals surface area contributed by atoms with E-state index in [0.717, 1.165) is 22.3 Å². The SMILES string of the molecule is NC=C1CC2(C=O)CN(Sc3ccc(F)c(Cl)c3)CCC2=CC1=Nc1ccc(F)cc1. The number of piperidine rings is 1. The molecule has 1 saturated heterocycles. The Hall–Kier alpha value is -2.48. The molecule has 2 aromatic carbocycles. The third-order valence-electron chi connectivity index (χ3n) is 5.50. The van der Waals surface area contributed by atoms with E-state index < -0.39 is 11.2 Å². The standard InChI is InChI=1S/C23H20ClF2N3OS/c24-20-10-19(5-6-21(20)26)31-29-8-7-16-9-22(28-18-3-1-17(25)2-4-18)15(12-27)11-23(16,13-29)14-30/h1-6,9-10,12,14H,7-8,11,13,27H2. The fourth-order valence-corrected chi connectivity index (χ4v) is 5.20. The molecule has 8 heteroatoms. The van der Waals surface area contributed by atoms with E-state index in [1.807, 2.05) is 6.08 Å². The van der Waals surface area contributed by atoms with Crippen LogP contribution in [0, 0.1) is 17.0 Å². The molecule has 2 aromatic rings. The van der Waals surface area contributed by atoms with Crippen molar-refractivity contribution < 1.29 is 13.6 Å². The summed E-state index contributed by atoms with van der Waals surface area (Å²) in [6.07, 6.45) is 5.51. The van der Waals surface area contributed by atoms with Gasteiger partial charge in [-0.3, -0.25) is 0 Å². The molecule has 2 aliphatic rings. The van der Waals surface area contributed by atoms with Crippen molar-refractivity contribution >= 4 is 41.2 Å². The van der Waals surface area contributed by atoms with Crippen LogP contribution < -0.4 is 5.73 Å². The Morgan fingerprint density at radius 2 is 1.97 bits per heavy atom. The Kier molecular flexibility index (Phi) is 6.27. The van der Waals surface area contributed by atoms with E-state index in [1.165, 1.54) is 36.3 Å². The summed E-state index contributed by atoms with van der Waals surface area (Å²) in [6, 6.07) is 10.5. The molecule has 160 valence electrons. The average molecular weight is 460 g/mol. The van der Waals surface area contributed by atoms with Crippen molar-refractivity contribution in [1.82, 2.24) is 4.31 Å². The van der Waals surface area contributed by atoms with Gasteiger partial charge in [-0.15, -0.1) is 0 Å². The van der Waals surface area contributed by atoms with Crippen molar-refractivity contribution in [2.45, 2.75) is 17.7 Å². The van der Waals surface area contributed by atoms with Gasteiger partial charge in [-0.1, -0.05) is 17.2 Å². The minimum absolute atomic E-state index is 0.0698. The minimum Gasteiger partial charge on any atom is -0.404 e. The maximum Gasteiger partial charge on any atom is 0.141 e. The zero-order valence-corrected chi connectivity index (χ0v) is 18.1. The summed E-state index contributed by atoms with van der Waals surface area (Å²) in [6.45, 7) is 1.20. The second-order valence-electron chi connectivity index (χ2n) is 7.57. The predicted octanol–water partition coefficient (Wildman–Crippen LogP) is 5.46. The van der Waals surface area contributed by atoms with E-state index >= 15 is 0 Å². The molecule has 0 saturated carbocycles.